The quantitative estimate of drug-likeness (QED) is 0.378. The normalized spacial score (nSPS) is 32.1. The predicted molar refractivity (Wildman–Crippen MR) is 85.3 cm³/mol. The molecular formula is C19H34. The van der Waals surface area contributed by atoms with E-state index in [0.717, 1.165) is 17.8 Å². The summed E-state index contributed by atoms with van der Waals surface area (Å²) in [7, 11) is 0. The van der Waals surface area contributed by atoms with Crippen LogP contribution in [0.15, 0.2) is 11.6 Å². The number of hydrogen-bond donors (Lipinski definition) is 0. The van der Waals surface area contributed by atoms with Crippen molar-refractivity contribution in [1.82, 2.24) is 0 Å². The van der Waals surface area contributed by atoms with Gasteiger partial charge in [-0.05, 0) is 50.4 Å². The summed E-state index contributed by atoms with van der Waals surface area (Å²) in [5, 5.41) is 0. The minimum Gasteiger partial charge on any atom is -0.0853 e. The molecule has 0 bridgehead atoms. The number of allylic oxidation sites excluding steroid dienone is 2. The van der Waals surface area contributed by atoms with Gasteiger partial charge in [0.25, 0.3) is 0 Å². The molecule has 0 nitrogen and oxygen atoms in total. The molecule has 19 heavy (non-hydrogen) atoms. The van der Waals surface area contributed by atoms with E-state index in [1.165, 1.54) is 77.0 Å². The Morgan fingerprint density at radius 2 is 1.68 bits per heavy atom. The molecule has 110 valence electrons. The lowest BCUT2D eigenvalue weighted by Crippen LogP contribution is -2.18. The Morgan fingerprint density at radius 3 is 2.32 bits per heavy atom. The van der Waals surface area contributed by atoms with Gasteiger partial charge in [-0.1, -0.05) is 69.9 Å². The lowest BCUT2D eigenvalue weighted by molar-refractivity contribution is 0.219. The van der Waals surface area contributed by atoms with Crippen LogP contribution in [-0.2, 0) is 0 Å². The molecule has 0 saturated heterocycles. The van der Waals surface area contributed by atoms with Crippen molar-refractivity contribution in [2.75, 3.05) is 0 Å². The second kappa shape index (κ2) is 8.12. The Morgan fingerprint density at radius 1 is 0.947 bits per heavy atom. The molecule has 0 N–H and O–H groups in total. The van der Waals surface area contributed by atoms with Crippen molar-refractivity contribution < 1.29 is 0 Å². The van der Waals surface area contributed by atoms with Crippen LogP contribution in [0.25, 0.3) is 0 Å². The number of hydrogen-bond acceptors (Lipinski definition) is 0. The van der Waals surface area contributed by atoms with Gasteiger partial charge in [0, 0.05) is 0 Å². The Bertz CT molecular complexity index is 268. The van der Waals surface area contributed by atoms with Crippen molar-refractivity contribution in [2.45, 2.75) is 90.9 Å². The molecule has 0 heterocycles. The van der Waals surface area contributed by atoms with Crippen LogP contribution in [0.2, 0.25) is 0 Å². The van der Waals surface area contributed by atoms with Gasteiger partial charge in [-0.15, -0.1) is 0 Å². The second-order valence-corrected chi connectivity index (χ2v) is 7.31. The molecule has 0 amide bonds. The highest BCUT2D eigenvalue weighted by Crippen LogP contribution is 2.38. The molecule has 2 rings (SSSR count). The summed E-state index contributed by atoms with van der Waals surface area (Å²) in [5.74, 6) is 3.17. The SMILES string of the molecule is CCCCCC1CCC(CC2CC=C(C)CC2)CC1. The van der Waals surface area contributed by atoms with E-state index < -0.39 is 0 Å². The number of unbranched alkanes of at least 4 members (excludes halogenated alkanes) is 2. The predicted octanol–water partition coefficient (Wildman–Crippen LogP) is 6.51. The summed E-state index contributed by atoms with van der Waals surface area (Å²) in [6.45, 7) is 4.62. The molecule has 2 aliphatic carbocycles. The third kappa shape index (κ3) is 5.32. The van der Waals surface area contributed by atoms with Crippen LogP contribution in [0.1, 0.15) is 90.9 Å². The summed E-state index contributed by atoms with van der Waals surface area (Å²) in [6, 6.07) is 0. The van der Waals surface area contributed by atoms with Crippen molar-refractivity contribution in [3.63, 3.8) is 0 Å². The topological polar surface area (TPSA) is 0 Å². The smallest absolute Gasteiger partial charge is 0.0319 e. The monoisotopic (exact) mass is 262 g/mol. The first-order valence-corrected chi connectivity index (χ1v) is 8.93. The summed E-state index contributed by atoms with van der Waals surface area (Å²) >= 11 is 0. The Hall–Kier alpha value is -0.260. The third-order valence-electron chi connectivity index (χ3n) is 5.60. The molecule has 0 aromatic heterocycles. The maximum atomic E-state index is 2.50. The van der Waals surface area contributed by atoms with Gasteiger partial charge in [0.05, 0.1) is 0 Å². The van der Waals surface area contributed by atoms with E-state index in [4.69, 9.17) is 0 Å². The Labute approximate surface area is 121 Å². The fourth-order valence-electron chi connectivity index (χ4n) is 4.14. The zero-order valence-electron chi connectivity index (χ0n) is 13.3. The van der Waals surface area contributed by atoms with Crippen molar-refractivity contribution in [1.29, 1.82) is 0 Å². The van der Waals surface area contributed by atoms with Gasteiger partial charge in [0.1, 0.15) is 0 Å². The van der Waals surface area contributed by atoms with Gasteiger partial charge < -0.3 is 0 Å². The molecule has 1 atom stereocenters. The molecule has 0 spiro atoms. The standard InChI is InChI=1S/C19H34/c1-3-4-5-6-17-11-13-19(14-12-17)15-18-9-7-16(2)8-10-18/h7,17-19H,3-6,8-15H2,1-2H3. The summed E-state index contributed by atoms with van der Waals surface area (Å²) < 4.78 is 0. The first kappa shape index (κ1) is 15.1. The lowest BCUT2D eigenvalue weighted by atomic mass is 9.74. The van der Waals surface area contributed by atoms with E-state index in [0.29, 0.717) is 0 Å². The third-order valence-corrected chi connectivity index (χ3v) is 5.60. The lowest BCUT2D eigenvalue weighted by Gasteiger charge is -2.32. The van der Waals surface area contributed by atoms with Crippen LogP contribution >= 0.6 is 0 Å². The van der Waals surface area contributed by atoms with Crippen molar-refractivity contribution in [3.8, 4) is 0 Å². The van der Waals surface area contributed by atoms with Crippen LogP contribution in [0.3, 0.4) is 0 Å². The first-order valence-electron chi connectivity index (χ1n) is 8.93. The average molecular weight is 262 g/mol. The highest BCUT2D eigenvalue weighted by atomic mass is 14.3. The van der Waals surface area contributed by atoms with E-state index in [2.05, 4.69) is 19.9 Å². The Kier molecular flexibility index (Phi) is 6.47. The van der Waals surface area contributed by atoms with E-state index in [1.807, 2.05) is 0 Å². The van der Waals surface area contributed by atoms with E-state index in [9.17, 15) is 0 Å². The minimum absolute atomic E-state index is 1.02. The summed E-state index contributed by atoms with van der Waals surface area (Å²) in [4.78, 5) is 0. The number of rotatable bonds is 6. The van der Waals surface area contributed by atoms with Gasteiger partial charge >= 0.3 is 0 Å². The van der Waals surface area contributed by atoms with Gasteiger partial charge in [0.2, 0.25) is 0 Å². The molecule has 0 aromatic rings. The summed E-state index contributed by atoms with van der Waals surface area (Å²) in [6.07, 6.45) is 20.2. The van der Waals surface area contributed by atoms with E-state index >= 15 is 0 Å². The zero-order chi connectivity index (χ0) is 13.5. The van der Waals surface area contributed by atoms with Gasteiger partial charge in [-0.25, -0.2) is 0 Å². The van der Waals surface area contributed by atoms with E-state index in [-0.39, 0.29) is 0 Å². The van der Waals surface area contributed by atoms with Crippen molar-refractivity contribution >= 4 is 0 Å². The second-order valence-electron chi connectivity index (χ2n) is 7.31. The average Bonchev–Trinajstić information content (AvgIpc) is 2.44. The van der Waals surface area contributed by atoms with E-state index in [1.54, 1.807) is 5.57 Å². The first-order chi connectivity index (χ1) is 9.28. The Balaban J connectivity index is 1.61. The van der Waals surface area contributed by atoms with Crippen LogP contribution in [0.4, 0.5) is 0 Å². The van der Waals surface area contributed by atoms with Crippen LogP contribution in [0.5, 0.6) is 0 Å². The zero-order valence-corrected chi connectivity index (χ0v) is 13.3. The van der Waals surface area contributed by atoms with Crippen LogP contribution in [-0.4, -0.2) is 0 Å². The molecule has 1 fully saturated rings. The summed E-state index contributed by atoms with van der Waals surface area (Å²) in [5.41, 5.74) is 1.64. The molecule has 0 heteroatoms. The van der Waals surface area contributed by atoms with Gasteiger partial charge in [-0.3, -0.25) is 0 Å². The fraction of sp³-hybridized carbons (Fsp3) is 0.895. The van der Waals surface area contributed by atoms with Crippen molar-refractivity contribution in [3.05, 3.63) is 11.6 Å². The largest absolute Gasteiger partial charge is 0.0853 e. The maximum absolute atomic E-state index is 2.50. The molecule has 0 radical (unpaired) electrons. The minimum atomic E-state index is 1.02. The van der Waals surface area contributed by atoms with Gasteiger partial charge in [-0.2, -0.15) is 0 Å². The maximum Gasteiger partial charge on any atom is -0.0319 e. The van der Waals surface area contributed by atoms with Gasteiger partial charge in [0.15, 0.2) is 0 Å². The van der Waals surface area contributed by atoms with Crippen molar-refractivity contribution in [2.24, 2.45) is 17.8 Å². The van der Waals surface area contributed by atoms with Crippen LogP contribution in [0, 0.1) is 17.8 Å². The fourth-order valence-corrected chi connectivity index (χ4v) is 4.14. The highest BCUT2D eigenvalue weighted by Gasteiger charge is 2.24. The van der Waals surface area contributed by atoms with Crippen LogP contribution < -0.4 is 0 Å². The highest BCUT2D eigenvalue weighted by molar-refractivity contribution is 5.03. The molecular weight excluding hydrogens is 228 g/mol. The molecule has 0 aliphatic heterocycles. The molecule has 0 aromatic carbocycles. The molecule has 1 unspecified atom stereocenters. The molecule has 2 aliphatic rings. The molecule has 1 saturated carbocycles.